The molecule has 1 nitrogen and oxygen atoms in total. The van der Waals surface area contributed by atoms with E-state index in [-0.39, 0.29) is 6.10 Å². The minimum Gasteiger partial charge on any atom is -0.393 e. The number of hydrogen-bond acceptors (Lipinski definition) is 1. The topological polar surface area (TPSA) is 20.2 Å². The molecule has 0 heterocycles. The lowest BCUT2D eigenvalue weighted by Gasteiger charge is -2.62. The van der Waals surface area contributed by atoms with Crippen molar-refractivity contribution in [1.29, 1.82) is 0 Å². The Morgan fingerprint density at radius 1 is 0.848 bits per heavy atom. The average Bonchev–Trinajstić information content (AvgIpc) is 3.10. The Kier molecular flexibility index (Phi) is 7.80. The van der Waals surface area contributed by atoms with Crippen LogP contribution < -0.4 is 0 Å². The molecule has 1 heteroatoms. The van der Waals surface area contributed by atoms with Crippen molar-refractivity contribution in [2.45, 2.75) is 132 Å². The zero-order valence-electron chi connectivity index (χ0n) is 23.2. The first-order chi connectivity index (χ1) is 15.6. The molecule has 0 aromatic carbocycles. The van der Waals surface area contributed by atoms with Crippen LogP contribution in [0.5, 0.6) is 0 Å². The van der Waals surface area contributed by atoms with Crippen LogP contribution in [0.4, 0.5) is 0 Å². The van der Waals surface area contributed by atoms with Gasteiger partial charge in [-0.3, -0.25) is 0 Å². The van der Waals surface area contributed by atoms with Crippen LogP contribution in [0.25, 0.3) is 0 Å². The average molecular weight is 457 g/mol. The van der Waals surface area contributed by atoms with E-state index in [4.69, 9.17) is 0 Å². The molecule has 0 aromatic rings. The summed E-state index contributed by atoms with van der Waals surface area (Å²) in [4.78, 5) is 0. The van der Waals surface area contributed by atoms with E-state index in [1.807, 2.05) is 0 Å². The largest absolute Gasteiger partial charge is 0.393 e. The Labute approximate surface area is 206 Å². The number of aliphatic hydroxyl groups excluding tert-OH is 1. The lowest BCUT2D eigenvalue weighted by molar-refractivity contribution is -0.152. The van der Waals surface area contributed by atoms with Gasteiger partial charge >= 0.3 is 0 Å². The highest BCUT2D eigenvalue weighted by molar-refractivity contribution is 5.11. The van der Waals surface area contributed by atoms with Gasteiger partial charge in [-0.2, -0.15) is 0 Å². The maximum absolute atomic E-state index is 11.0. The van der Waals surface area contributed by atoms with Gasteiger partial charge in [-0.1, -0.05) is 65.5 Å². The summed E-state index contributed by atoms with van der Waals surface area (Å²) in [6, 6.07) is 0. The summed E-state index contributed by atoms with van der Waals surface area (Å²) in [6.07, 6.45) is 18.8. The fourth-order valence-corrected chi connectivity index (χ4v) is 10.2. The van der Waals surface area contributed by atoms with Crippen molar-refractivity contribution in [3.8, 4) is 0 Å². The van der Waals surface area contributed by atoms with Crippen LogP contribution in [0, 0.1) is 58.2 Å². The van der Waals surface area contributed by atoms with Crippen LogP contribution in [0.15, 0.2) is 11.6 Å². The van der Waals surface area contributed by atoms with E-state index in [9.17, 15) is 5.11 Å². The van der Waals surface area contributed by atoms with Crippen molar-refractivity contribution in [2.24, 2.45) is 58.2 Å². The molecule has 4 aliphatic carbocycles. The van der Waals surface area contributed by atoms with E-state index >= 15 is 0 Å². The normalized spacial score (nSPS) is 45.8. The monoisotopic (exact) mass is 456 g/mol. The quantitative estimate of drug-likeness (QED) is 0.379. The summed E-state index contributed by atoms with van der Waals surface area (Å²) in [6.45, 7) is 17.2. The second kappa shape index (κ2) is 9.99. The van der Waals surface area contributed by atoms with Gasteiger partial charge in [-0.25, -0.2) is 0 Å². The molecule has 4 saturated carbocycles. The molecule has 4 aliphatic rings. The molecule has 0 bridgehead atoms. The molecule has 0 saturated heterocycles. The second-order valence-electron chi connectivity index (χ2n) is 14.4. The molecule has 0 unspecified atom stereocenters. The fourth-order valence-electron chi connectivity index (χ4n) is 10.2. The highest BCUT2D eigenvalue weighted by Gasteiger charge is 2.61. The molecule has 0 spiro atoms. The van der Waals surface area contributed by atoms with Gasteiger partial charge in [-0.15, -0.1) is 0 Å². The van der Waals surface area contributed by atoms with Crippen LogP contribution in [0.2, 0.25) is 0 Å². The van der Waals surface area contributed by atoms with Gasteiger partial charge in [0.15, 0.2) is 0 Å². The lowest BCUT2D eigenvalue weighted by Crippen LogP contribution is -2.56. The number of rotatable bonds is 7. The predicted molar refractivity (Wildman–Crippen MR) is 142 cm³/mol. The van der Waals surface area contributed by atoms with Crippen LogP contribution in [-0.4, -0.2) is 11.2 Å². The van der Waals surface area contributed by atoms with Crippen molar-refractivity contribution in [1.82, 2.24) is 0 Å². The van der Waals surface area contributed by atoms with E-state index in [1.165, 1.54) is 69.8 Å². The SMILES string of the molecule is CC(C)=CC[C@@H]1[C@H](O)CC[C@@]2(C)[C@H]1CC[C@@H]1[C@@H]2CC[C@]2(C)[C@@H]([C@H](C)CCCC(C)C)CC[C@@H]12. The van der Waals surface area contributed by atoms with E-state index in [1.54, 1.807) is 0 Å². The zero-order valence-corrected chi connectivity index (χ0v) is 23.2. The molecular weight excluding hydrogens is 400 g/mol. The van der Waals surface area contributed by atoms with E-state index in [0.717, 1.165) is 54.3 Å². The lowest BCUT2D eigenvalue weighted by atomic mass is 9.43. The van der Waals surface area contributed by atoms with Crippen LogP contribution in [0.1, 0.15) is 126 Å². The first-order valence-electron chi connectivity index (χ1n) is 14.9. The standard InChI is InChI=1S/C32H56O/c1-21(2)9-8-10-23(5)26-15-16-27-24-13-14-28-25(12-11-22(3)4)30(33)18-20-32(28,7)29(24)17-19-31(26,27)6/h11,21,23-30,33H,8-10,12-20H2,1-7H3/t23-,24+,25+,26-,27+,28+,29+,30-,31-,32+/m1/s1. The summed E-state index contributed by atoms with van der Waals surface area (Å²) >= 11 is 0. The molecule has 33 heavy (non-hydrogen) atoms. The minimum absolute atomic E-state index is 0.0772. The molecule has 0 amide bonds. The Hall–Kier alpha value is -0.300. The molecule has 1 N–H and O–H groups in total. The maximum Gasteiger partial charge on any atom is 0.0574 e. The molecule has 0 aromatic heterocycles. The molecule has 4 rings (SSSR count). The first kappa shape index (κ1) is 25.8. The molecule has 190 valence electrons. The van der Waals surface area contributed by atoms with Crippen molar-refractivity contribution in [3.63, 3.8) is 0 Å². The third kappa shape index (κ3) is 4.75. The molecular formula is C32H56O. The smallest absolute Gasteiger partial charge is 0.0574 e. The van der Waals surface area contributed by atoms with Gasteiger partial charge in [0.2, 0.25) is 0 Å². The van der Waals surface area contributed by atoms with Gasteiger partial charge in [0.05, 0.1) is 6.10 Å². The van der Waals surface area contributed by atoms with Crippen molar-refractivity contribution in [3.05, 3.63) is 11.6 Å². The minimum atomic E-state index is -0.0772. The Bertz CT molecular complexity index is 689. The number of allylic oxidation sites excluding steroid dienone is 2. The first-order valence-corrected chi connectivity index (χ1v) is 14.9. The van der Waals surface area contributed by atoms with Gasteiger partial charge < -0.3 is 5.11 Å². The summed E-state index contributed by atoms with van der Waals surface area (Å²) in [7, 11) is 0. The van der Waals surface area contributed by atoms with Crippen LogP contribution >= 0.6 is 0 Å². The third-order valence-electron chi connectivity index (χ3n) is 11.9. The Morgan fingerprint density at radius 2 is 1.52 bits per heavy atom. The van der Waals surface area contributed by atoms with Crippen molar-refractivity contribution in [2.75, 3.05) is 0 Å². The summed E-state index contributed by atoms with van der Waals surface area (Å²) < 4.78 is 0. The highest BCUT2D eigenvalue weighted by Crippen LogP contribution is 2.69. The molecule has 10 atom stereocenters. The van der Waals surface area contributed by atoms with Gasteiger partial charge in [-0.05, 0) is 130 Å². The second-order valence-corrected chi connectivity index (χ2v) is 14.4. The van der Waals surface area contributed by atoms with Crippen LogP contribution in [-0.2, 0) is 0 Å². The van der Waals surface area contributed by atoms with Crippen molar-refractivity contribution >= 4 is 0 Å². The van der Waals surface area contributed by atoms with E-state index in [2.05, 4.69) is 54.5 Å². The zero-order chi connectivity index (χ0) is 24.0. The molecule has 4 fully saturated rings. The Balaban J connectivity index is 1.48. The summed E-state index contributed by atoms with van der Waals surface area (Å²) in [5.74, 6) is 6.77. The van der Waals surface area contributed by atoms with E-state index in [0.29, 0.717) is 16.7 Å². The third-order valence-corrected chi connectivity index (χ3v) is 11.9. The maximum atomic E-state index is 11.0. The van der Waals surface area contributed by atoms with Gasteiger partial charge in [0.1, 0.15) is 0 Å². The Morgan fingerprint density at radius 3 is 2.21 bits per heavy atom. The number of aliphatic hydroxyl groups is 1. The van der Waals surface area contributed by atoms with E-state index < -0.39 is 0 Å². The predicted octanol–water partition coefficient (Wildman–Crippen LogP) is 9.05. The molecule has 0 aliphatic heterocycles. The number of hydrogen-bond donors (Lipinski definition) is 1. The van der Waals surface area contributed by atoms with Crippen molar-refractivity contribution < 1.29 is 5.11 Å². The summed E-state index contributed by atoms with van der Waals surface area (Å²) in [5.41, 5.74) is 2.47. The highest BCUT2D eigenvalue weighted by atomic mass is 16.3. The number of fused-ring (bicyclic) bond motifs is 5. The van der Waals surface area contributed by atoms with Gasteiger partial charge in [0.25, 0.3) is 0 Å². The van der Waals surface area contributed by atoms with Gasteiger partial charge in [0, 0.05) is 0 Å². The summed E-state index contributed by atoms with van der Waals surface area (Å²) in [5, 5.41) is 11.0. The van der Waals surface area contributed by atoms with Crippen LogP contribution in [0.3, 0.4) is 0 Å². The fraction of sp³-hybridized carbons (Fsp3) is 0.938. The molecule has 0 radical (unpaired) electrons.